The molecule has 2 rings (SSSR count). The Morgan fingerprint density at radius 2 is 2.33 bits per heavy atom. The summed E-state index contributed by atoms with van der Waals surface area (Å²) in [6, 6.07) is 3.42. The molecule has 1 aliphatic rings. The number of oxime groups is 1. The fourth-order valence-corrected chi connectivity index (χ4v) is 3.01. The van der Waals surface area contributed by atoms with Gasteiger partial charge in [0.05, 0.1) is 10.8 Å². The normalized spacial score (nSPS) is 21.4. The second-order valence-corrected chi connectivity index (χ2v) is 6.25. The highest BCUT2D eigenvalue weighted by molar-refractivity contribution is 7.13. The lowest BCUT2D eigenvalue weighted by molar-refractivity contribution is -0.142. The first kappa shape index (κ1) is 18.4. The van der Waals surface area contributed by atoms with Crippen LogP contribution >= 0.6 is 11.3 Å². The van der Waals surface area contributed by atoms with Crippen molar-refractivity contribution >= 4 is 36.0 Å². The summed E-state index contributed by atoms with van der Waals surface area (Å²) in [6.45, 7) is 1.33. The van der Waals surface area contributed by atoms with Gasteiger partial charge in [-0.1, -0.05) is 18.1 Å². The van der Waals surface area contributed by atoms with Gasteiger partial charge in [0.2, 0.25) is 6.61 Å². The molecule has 0 bridgehead atoms. The number of thiophene rings is 1. The Balaban J connectivity index is 2.04. The Kier molecular flexibility index (Phi) is 6.77. The molecule has 1 aromatic heterocycles. The number of rotatable bonds is 7. The van der Waals surface area contributed by atoms with Crippen LogP contribution in [0.1, 0.15) is 31.1 Å². The number of carboxylic acids is 1. The van der Waals surface area contributed by atoms with Crippen LogP contribution in [0.2, 0.25) is 0 Å². The second kappa shape index (κ2) is 8.81. The molecule has 2 unspecified atom stereocenters. The number of aliphatic carboxylic acids is 1. The number of nitrogens with one attached hydrogen (secondary N) is 1. The highest BCUT2D eigenvalue weighted by Gasteiger charge is 2.36. The van der Waals surface area contributed by atoms with Gasteiger partial charge in [0.15, 0.2) is 5.71 Å². The average Bonchev–Trinajstić information content (AvgIpc) is 3.07. The van der Waals surface area contributed by atoms with Crippen LogP contribution in [0.25, 0.3) is 0 Å². The average molecular weight is 354 g/mol. The maximum atomic E-state index is 12.5. The Labute approximate surface area is 143 Å². The Morgan fingerprint density at radius 3 is 2.92 bits per heavy atom. The van der Waals surface area contributed by atoms with Crippen molar-refractivity contribution in [2.45, 2.75) is 38.2 Å². The topological polar surface area (TPSA) is 117 Å². The van der Waals surface area contributed by atoms with Gasteiger partial charge in [0.25, 0.3) is 5.91 Å². The number of carbonyl (C=O) groups is 2. The number of amides is 1. The summed E-state index contributed by atoms with van der Waals surface area (Å²) in [7, 11) is -1.09. The van der Waals surface area contributed by atoms with Gasteiger partial charge in [-0.3, -0.25) is 4.79 Å². The highest BCUT2D eigenvalue weighted by atomic mass is 32.1. The van der Waals surface area contributed by atoms with E-state index in [1.807, 2.05) is 6.92 Å². The third-order valence-corrected chi connectivity index (χ3v) is 4.44. The van der Waals surface area contributed by atoms with E-state index >= 15 is 0 Å². The van der Waals surface area contributed by atoms with Crippen LogP contribution in [0.3, 0.4) is 0 Å². The van der Waals surface area contributed by atoms with Crippen molar-refractivity contribution in [3.8, 4) is 0 Å². The molecule has 130 valence electrons. The first-order valence-corrected chi connectivity index (χ1v) is 8.49. The maximum absolute atomic E-state index is 12.5. The van der Waals surface area contributed by atoms with Crippen molar-refractivity contribution < 1.29 is 29.2 Å². The smallest absolute Gasteiger partial charge is 0.478 e. The third kappa shape index (κ3) is 5.05. The molecule has 1 aliphatic heterocycles. The molecule has 1 fully saturated rings. The van der Waals surface area contributed by atoms with Gasteiger partial charge in [-0.25, -0.2) is 4.79 Å². The molecule has 10 heteroatoms. The summed E-state index contributed by atoms with van der Waals surface area (Å²) < 4.78 is 5.43. The molecule has 2 heterocycles. The minimum atomic E-state index is -1.19. The minimum Gasteiger partial charge on any atom is -0.479 e. The molecule has 0 aromatic carbocycles. The summed E-state index contributed by atoms with van der Waals surface area (Å²) in [5.41, 5.74) is -0.0314. The van der Waals surface area contributed by atoms with Crippen LogP contribution in [0.5, 0.6) is 0 Å². The quantitative estimate of drug-likeness (QED) is 0.376. The largest absolute Gasteiger partial charge is 0.479 e. The molecular weight excluding hydrogens is 335 g/mol. The van der Waals surface area contributed by atoms with Gasteiger partial charge in [-0.05, 0) is 30.7 Å². The van der Waals surface area contributed by atoms with Crippen LogP contribution in [-0.4, -0.2) is 53.5 Å². The number of carbonyl (C=O) groups excluding carboxylic acids is 1. The maximum Gasteiger partial charge on any atom is 0.478 e. The Bertz CT molecular complexity index is 594. The fraction of sp³-hybridized carbons (Fsp3) is 0.500. The number of carboxylic acid groups (broad SMARTS) is 1. The SMILES string of the molecule is CCC1CCC(NC(=O)/C(=N\OCC(=O)O)c2cccs2)B(O)O1. The van der Waals surface area contributed by atoms with E-state index in [1.54, 1.807) is 17.5 Å². The van der Waals surface area contributed by atoms with Crippen LogP contribution in [-0.2, 0) is 19.1 Å². The van der Waals surface area contributed by atoms with Crippen LogP contribution in [0.15, 0.2) is 22.7 Å². The molecule has 8 nitrogen and oxygen atoms in total. The van der Waals surface area contributed by atoms with Gasteiger partial charge in [-0.15, -0.1) is 11.3 Å². The van der Waals surface area contributed by atoms with E-state index in [1.165, 1.54) is 11.3 Å². The van der Waals surface area contributed by atoms with Gasteiger partial charge in [0, 0.05) is 6.10 Å². The van der Waals surface area contributed by atoms with Gasteiger partial charge in [0.1, 0.15) is 0 Å². The number of hydrogen-bond acceptors (Lipinski definition) is 7. The lowest BCUT2D eigenvalue weighted by Gasteiger charge is -2.31. The van der Waals surface area contributed by atoms with Crippen molar-refractivity contribution in [3.05, 3.63) is 22.4 Å². The van der Waals surface area contributed by atoms with E-state index in [0.29, 0.717) is 11.3 Å². The monoisotopic (exact) mass is 354 g/mol. The Morgan fingerprint density at radius 1 is 1.54 bits per heavy atom. The molecule has 0 aliphatic carbocycles. The molecule has 1 aromatic rings. The third-order valence-electron chi connectivity index (χ3n) is 3.56. The van der Waals surface area contributed by atoms with Crippen molar-refractivity contribution in [2.24, 2.45) is 5.16 Å². The van der Waals surface area contributed by atoms with Crippen LogP contribution < -0.4 is 5.32 Å². The summed E-state index contributed by atoms with van der Waals surface area (Å²) >= 11 is 1.27. The molecule has 0 saturated carbocycles. The molecule has 2 atom stereocenters. The fourth-order valence-electron chi connectivity index (χ4n) is 2.31. The highest BCUT2D eigenvalue weighted by Crippen LogP contribution is 2.19. The van der Waals surface area contributed by atoms with Gasteiger partial charge < -0.3 is 24.9 Å². The Hall–Kier alpha value is -1.91. The minimum absolute atomic E-state index is 0.0162. The predicted molar refractivity (Wildman–Crippen MR) is 88.7 cm³/mol. The zero-order valence-corrected chi connectivity index (χ0v) is 14.0. The van der Waals surface area contributed by atoms with E-state index in [2.05, 4.69) is 10.5 Å². The molecule has 1 amide bonds. The van der Waals surface area contributed by atoms with E-state index in [9.17, 15) is 14.6 Å². The van der Waals surface area contributed by atoms with Crippen molar-refractivity contribution in [2.75, 3.05) is 6.61 Å². The van der Waals surface area contributed by atoms with Crippen LogP contribution in [0.4, 0.5) is 0 Å². The molecule has 24 heavy (non-hydrogen) atoms. The first-order valence-electron chi connectivity index (χ1n) is 7.61. The summed E-state index contributed by atoms with van der Waals surface area (Å²) in [5.74, 6) is -2.29. The molecule has 0 spiro atoms. The lowest BCUT2D eigenvalue weighted by Crippen LogP contribution is -2.54. The van der Waals surface area contributed by atoms with E-state index < -0.39 is 31.5 Å². The second-order valence-electron chi connectivity index (χ2n) is 5.30. The molecule has 1 saturated heterocycles. The summed E-state index contributed by atoms with van der Waals surface area (Å²) in [6.07, 6.45) is 2.10. The van der Waals surface area contributed by atoms with Crippen molar-refractivity contribution in [3.63, 3.8) is 0 Å². The summed E-state index contributed by atoms with van der Waals surface area (Å²) in [5, 5.41) is 26.7. The first-order chi connectivity index (χ1) is 11.5. The van der Waals surface area contributed by atoms with Gasteiger partial charge >= 0.3 is 13.1 Å². The van der Waals surface area contributed by atoms with Gasteiger partial charge in [-0.2, -0.15) is 0 Å². The van der Waals surface area contributed by atoms with E-state index in [-0.39, 0.29) is 11.8 Å². The van der Waals surface area contributed by atoms with E-state index in [0.717, 1.165) is 12.8 Å². The zero-order valence-electron chi connectivity index (χ0n) is 13.2. The van der Waals surface area contributed by atoms with E-state index in [4.69, 9.17) is 14.6 Å². The standard InChI is InChI=1S/C14H19BN2O6S/c1-2-9-5-6-11(15(21)23-9)16-14(20)13(10-4-3-7-24-10)17-22-8-12(18)19/h3-4,7,9,11,21H,2,5-6,8H2,1H3,(H,16,20)(H,18,19)/b17-13-. The van der Waals surface area contributed by atoms with Crippen LogP contribution in [0, 0.1) is 0 Å². The number of nitrogens with zero attached hydrogens (tertiary/aromatic N) is 1. The molecule has 3 N–H and O–H groups in total. The molecule has 0 radical (unpaired) electrons. The number of hydrogen-bond donors (Lipinski definition) is 3. The zero-order chi connectivity index (χ0) is 17.5. The van der Waals surface area contributed by atoms with Crippen molar-refractivity contribution in [1.82, 2.24) is 5.32 Å². The van der Waals surface area contributed by atoms with Crippen molar-refractivity contribution in [1.29, 1.82) is 0 Å². The summed E-state index contributed by atoms with van der Waals surface area (Å²) in [4.78, 5) is 28.2. The predicted octanol–water partition coefficient (Wildman–Crippen LogP) is 0.647. The lowest BCUT2D eigenvalue weighted by atomic mass is 9.72. The molecular formula is C14H19BN2O6S.